The molecule has 0 bridgehead atoms. The van der Waals surface area contributed by atoms with E-state index in [1.807, 2.05) is 12.1 Å². The maximum Gasteiger partial charge on any atom is 0.160 e. The minimum atomic E-state index is -0.0544. The molecule has 0 aromatic carbocycles. The third kappa shape index (κ3) is 6.30. The number of piperidine rings is 1. The van der Waals surface area contributed by atoms with Gasteiger partial charge in [0.05, 0.1) is 0 Å². The Morgan fingerprint density at radius 1 is 1.08 bits per heavy atom. The van der Waals surface area contributed by atoms with Crippen LogP contribution in [0.2, 0.25) is 0 Å². The van der Waals surface area contributed by atoms with Crippen LogP contribution in [0.4, 0.5) is 5.82 Å². The molecule has 1 aliphatic heterocycles. The smallest absolute Gasteiger partial charge is 0.160 e. The summed E-state index contributed by atoms with van der Waals surface area (Å²) in [6.07, 6.45) is 6.59. The summed E-state index contributed by atoms with van der Waals surface area (Å²) in [5.74, 6) is 1.42. The molecule has 136 valence electrons. The summed E-state index contributed by atoms with van der Waals surface area (Å²) in [6, 6.07) is 3.96. The van der Waals surface area contributed by atoms with E-state index in [9.17, 15) is 0 Å². The molecule has 1 aromatic rings. The quantitative estimate of drug-likeness (QED) is 0.430. The molecule has 5 nitrogen and oxygen atoms in total. The minimum Gasteiger partial charge on any atom is -0.355 e. The number of unbranched alkanes of at least 4 members (excludes halogenated alkanes) is 2. The lowest BCUT2D eigenvalue weighted by Gasteiger charge is -2.36. The second-order valence-electron chi connectivity index (χ2n) is 6.36. The monoisotopic (exact) mass is 399 g/mol. The zero-order chi connectivity index (χ0) is 17.2. The average molecular weight is 400 g/mol. The van der Waals surface area contributed by atoms with Gasteiger partial charge in [0.25, 0.3) is 0 Å². The van der Waals surface area contributed by atoms with Crippen molar-refractivity contribution in [3.05, 3.63) is 16.7 Å². The van der Waals surface area contributed by atoms with E-state index in [1.165, 1.54) is 0 Å². The number of hydrogen-bond donors (Lipinski definition) is 0. The van der Waals surface area contributed by atoms with Crippen molar-refractivity contribution in [2.75, 3.05) is 31.2 Å². The summed E-state index contributed by atoms with van der Waals surface area (Å²) in [5.41, 5.74) is 0. The molecule has 0 saturated carbocycles. The van der Waals surface area contributed by atoms with Crippen LogP contribution in [-0.4, -0.2) is 42.8 Å². The Hall–Kier alpha value is -0.720. The van der Waals surface area contributed by atoms with Gasteiger partial charge in [0.1, 0.15) is 4.60 Å². The SMILES string of the molecule is CCCCOC(OCCCC)C1CCN(c2ccc(Br)nn2)CC1. The molecule has 1 fully saturated rings. The number of ether oxygens (including phenoxy) is 2. The fourth-order valence-electron chi connectivity index (χ4n) is 2.89. The third-order valence-electron chi connectivity index (χ3n) is 4.43. The first kappa shape index (κ1) is 19.6. The molecule has 2 rings (SSSR count). The van der Waals surface area contributed by atoms with Gasteiger partial charge in [0.2, 0.25) is 0 Å². The van der Waals surface area contributed by atoms with Crippen molar-refractivity contribution in [1.82, 2.24) is 10.2 Å². The Labute approximate surface area is 154 Å². The Kier molecular flexibility index (Phi) is 8.99. The van der Waals surface area contributed by atoms with Crippen LogP contribution in [0.25, 0.3) is 0 Å². The molecule has 0 unspecified atom stereocenters. The van der Waals surface area contributed by atoms with E-state index < -0.39 is 0 Å². The normalized spacial score (nSPS) is 16.1. The number of anilines is 1. The van der Waals surface area contributed by atoms with Crippen molar-refractivity contribution in [2.45, 2.75) is 58.7 Å². The number of rotatable bonds is 10. The van der Waals surface area contributed by atoms with Crippen molar-refractivity contribution >= 4 is 21.7 Å². The summed E-state index contributed by atoms with van der Waals surface area (Å²) in [7, 11) is 0. The highest BCUT2D eigenvalue weighted by atomic mass is 79.9. The zero-order valence-electron chi connectivity index (χ0n) is 14.9. The van der Waals surface area contributed by atoms with Gasteiger partial charge in [0.15, 0.2) is 12.1 Å². The molecule has 0 N–H and O–H groups in total. The molecule has 0 spiro atoms. The Morgan fingerprint density at radius 3 is 2.21 bits per heavy atom. The lowest BCUT2D eigenvalue weighted by atomic mass is 9.96. The predicted molar refractivity (Wildman–Crippen MR) is 100 cm³/mol. The van der Waals surface area contributed by atoms with Gasteiger partial charge in [-0.05, 0) is 53.7 Å². The van der Waals surface area contributed by atoms with Gasteiger partial charge in [-0.1, -0.05) is 26.7 Å². The van der Waals surface area contributed by atoms with Gasteiger partial charge in [-0.15, -0.1) is 10.2 Å². The molecule has 0 atom stereocenters. The van der Waals surface area contributed by atoms with Gasteiger partial charge in [-0.25, -0.2) is 0 Å². The lowest BCUT2D eigenvalue weighted by Crippen LogP contribution is -2.40. The van der Waals surface area contributed by atoms with E-state index in [1.54, 1.807) is 0 Å². The van der Waals surface area contributed by atoms with Crippen LogP contribution >= 0.6 is 15.9 Å². The van der Waals surface area contributed by atoms with Crippen LogP contribution < -0.4 is 4.90 Å². The van der Waals surface area contributed by atoms with E-state index in [0.29, 0.717) is 5.92 Å². The van der Waals surface area contributed by atoms with Crippen LogP contribution in [0.5, 0.6) is 0 Å². The number of hydrogen-bond acceptors (Lipinski definition) is 5. The molecule has 0 radical (unpaired) electrons. The largest absolute Gasteiger partial charge is 0.355 e. The maximum absolute atomic E-state index is 6.05. The summed E-state index contributed by atoms with van der Waals surface area (Å²) < 4.78 is 12.9. The van der Waals surface area contributed by atoms with Crippen molar-refractivity contribution in [1.29, 1.82) is 0 Å². The molecule has 0 aliphatic carbocycles. The molecular formula is C18H30BrN3O2. The molecule has 6 heteroatoms. The topological polar surface area (TPSA) is 47.5 Å². The molecule has 2 heterocycles. The van der Waals surface area contributed by atoms with E-state index in [4.69, 9.17) is 9.47 Å². The summed E-state index contributed by atoms with van der Waals surface area (Å²) in [4.78, 5) is 2.30. The first-order valence-corrected chi connectivity index (χ1v) is 10.0. The summed E-state index contributed by atoms with van der Waals surface area (Å²) in [6.45, 7) is 7.93. The Bertz CT molecular complexity index is 440. The van der Waals surface area contributed by atoms with Crippen LogP contribution in [0, 0.1) is 5.92 Å². The average Bonchev–Trinajstić information content (AvgIpc) is 2.62. The van der Waals surface area contributed by atoms with Crippen LogP contribution in [0.1, 0.15) is 52.4 Å². The first-order valence-electron chi connectivity index (χ1n) is 9.22. The lowest BCUT2D eigenvalue weighted by molar-refractivity contribution is -0.177. The molecule has 24 heavy (non-hydrogen) atoms. The predicted octanol–water partition coefficient (Wildman–Crippen LogP) is 4.42. The summed E-state index contributed by atoms with van der Waals surface area (Å²) in [5, 5.41) is 8.34. The minimum absolute atomic E-state index is 0.0544. The maximum atomic E-state index is 6.05. The van der Waals surface area contributed by atoms with E-state index >= 15 is 0 Å². The Balaban J connectivity index is 1.84. The molecule has 1 saturated heterocycles. The van der Waals surface area contributed by atoms with E-state index in [0.717, 1.165) is 75.2 Å². The number of nitrogens with zero attached hydrogens (tertiary/aromatic N) is 3. The second-order valence-corrected chi connectivity index (χ2v) is 7.17. The van der Waals surface area contributed by atoms with Crippen LogP contribution in [0.3, 0.4) is 0 Å². The first-order chi connectivity index (χ1) is 11.7. The van der Waals surface area contributed by atoms with Gasteiger partial charge in [-0.3, -0.25) is 0 Å². The highest BCUT2D eigenvalue weighted by molar-refractivity contribution is 9.10. The molecule has 0 amide bonds. The van der Waals surface area contributed by atoms with Gasteiger partial charge < -0.3 is 14.4 Å². The van der Waals surface area contributed by atoms with Gasteiger partial charge in [0, 0.05) is 32.2 Å². The second kappa shape index (κ2) is 11.0. The standard InChI is InChI=1S/C18H30BrN3O2/c1-3-5-13-23-18(24-14-6-4-2)15-9-11-22(12-10-15)17-8-7-16(19)20-21-17/h7-8,15,18H,3-6,9-14H2,1-2H3. The fourth-order valence-corrected chi connectivity index (χ4v) is 3.10. The molecular weight excluding hydrogens is 370 g/mol. The van der Waals surface area contributed by atoms with Crippen LogP contribution in [0.15, 0.2) is 16.7 Å². The molecule has 1 aliphatic rings. The highest BCUT2D eigenvalue weighted by Gasteiger charge is 2.28. The number of aromatic nitrogens is 2. The zero-order valence-corrected chi connectivity index (χ0v) is 16.5. The number of halogens is 1. The Morgan fingerprint density at radius 2 is 1.71 bits per heavy atom. The van der Waals surface area contributed by atoms with Gasteiger partial charge in [-0.2, -0.15) is 0 Å². The van der Waals surface area contributed by atoms with E-state index in [2.05, 4.69) is 44.9 Å². The van der Waals surface area contributed by atoms with Crippen LogP contribution in [-0.2, 0) is 9.47 Å². The van der Waals surface area contributed by atoms with Crippen molar-refractivity contribution in [2.24, 2.45) is 5.92 Å². The van der Waals surface area contributed by atoms with Crippen molar-refractivity contribution in [3.8, 4) is 0 Å². The van der Waals surface area contributed by atoms with Gasteiger partial charge >= 0.3 is 0 Å². The van der Waals surface area contributed by atoms with Crippen molar-refractivity contribution < 1.29 is 9.47 Å². The molecule has 1 aromatic heterocycles. The highest BCUT2D eigenvalue weighted by Crippen LogP contribution is 2.26. The summed E-state index contributed by atoms with van der Waals surface area (Å²) >= 11 is 3.33. The van der Waals surface area contributed by atoms with Crippen molar-refractivity contribution in [3.63, 3.8) is 0 Å². The van der Waals surface area contributed by atoms with E-state index in [-0.39, 0.29) is 6.29 Å². The third-order valence-corrected chi connectivity index (χ3v) is 4.85. The fraction of sp³-hybridized carbons (Fsp3) is 0.778.